The van der Waals surface area contributed by atoms with E-state index in [1.54, 1.807) is 4.17 Å². The van der Waals surface area contributed by atoms with E-state index in [0.29, 0.717) is 0 Å². The van der Waals surface area contributed by atoms with Crippen LogP contribution in [0.2, 0.25) is 22.1 Å². The van der Waals surface area contributed by atoms with Gasteiger partial charge in [0.1, 0.15) is 0 Å². The first kappa shape index (κ1) is 11.9. The van der Waals surface area contributed by atoms with Crippen molar-refractivity contribution < 1.29 is 12.4 Å². The van der Waals surface area contributed by atoms with Gasteiger partial charge >= 0.3 is 97.3 Å². The van der Waals surface area contributed by atoms with Crippen molar-refractivity contribution in [1.82, 2.24) is 4.98 Å². The van der Waals surface area contributed by atoms with Gasteiger partial charge in [-0.15, -0.1) is 0 Å². The topological polar surface area (TPSA) is 15.8 Å². The minimum absolute atomic E-state index is 1.19. The fourth-order valence-corrected chi connectivity index (χ4v) is 9.17. The summed E-state index contributed by atoms with van der Waals surface area (Å²) in [5, 5.41) is 0. The van der Waals surface area contributed by atoms with Crippen LogP contribution in [0.4, 0.5) is 0 Å². The second-order valence-corrected chi connectivity index (χ2v) is 26.1. The van der Waals surface area contributed by atoms with Gasteiger partial charge in [0.15, 0.2) is 0 Å². The Kier molecular flexibility index (Phi) is 2.21. The molecule has 0 aromatic carbocycles. The Morgan fingerprint density at radius 3 is 2.44 bits per heavy atom. The third-order valence-corrected chi connectivity index (χ3v) is 13.9. The molecule has 0 radical (unpaired) electrons. The molecule has 1 aliphatic carbocycles. The summed E-state index contributed by atoms with van der Waals surface area (Å²) in [7, 11) is 0. The molecule has 0 saturated heterocycles. The summed E-state index contributed by atoms with van der Waals surface area (Å²) >= 11 is -3.04. The van der Waals surface area contributed by atoms with Crippen molar-refractivity contribution in [3.8, 4) is 0 Å². The van der Waals surface area contributed by atoms with Crippen LogP contribution in [0.15, 0.2) is 40.7 Å². The molecule has 16 heavy (non-hydrogen) atoms. The Morgan fingerprint density at radius 2 is 1.94 bits per heavy atom. The molecule has 1 nitrogen and oxygen atoms in total. The van der Waals surface area contributed by atoms with Crippen LogP contribution in [0.25, 0.3) is 0 Å². The van der Waals surface area contributed by atoms with Gasteiger partial charge in [0.05, 0.1) is 0 Å². The van der Waals surface area contributed by atoms with Crippen LogP contribution in [0.3, 0.4) is 0 Å². The van der Waals surface area contributed by atoms with Gasteiger partial charge in [0.2, 0.25) is 0 Å². The first-order chi connectivity index (χ1) is 7.24. The van der Waals surface area contributed by atoms with Crippen LogP contribution in [0.5, 0.6) is 0 Å². The number of hydrogen-bond donors (Lipinski definition) is 1. The molecule has 0 unspecified atom stereocenters. The molecule has 0 fully saturated rings. The fraction of sp³-hybridized carbons (Fsp3) is 0.429. The van der Waals surface area contributed by atoms with Crippen LogP contribution in [0, 0.1) is 0 Å². The third kappa shape index (κ3) is 1.74. The van der Waals surface area contributed by atoms with E-state index in [0.717, 1.165) is 0 Å². The quantitative estimate of drug-likeness (QED) is 0.785. The van der Waals surface area contributed by atoms with Crippen LogP contribution >= 0.6 is 0 Å². The predicted molar refractivity (Wildman–Crippen MR) is 70.3 cm³/mol. The number of aromatic nitrogens is 1. The van der Waals surface area contributed by atoms with Crippen LogP contribution in [-0.4, -0.2) is 4.98 Å². The van der Waals surface area contributed by atoms with E-state index in [-0.39, 0.29) is 0 Å². The molecular weight excluding hydrogens is 283 g/mol. The predicted octanol–water partition coefficient (Wildman–Crippen LogP) is 4.29. The van der Waals surface area contributed by atoms with Gasteiger partial charge in [0, 0.05) is 0 Å². The van der Waals surface area contributed by atoms with Crippen molar-refractivity contribution in [2.24, 2.45) is 0 Å². The van der Waals surface area contributed by atoms with Gasteiger partial charge in [-0.1, -0.05) is 0 Å². The summed E-state index contributed by atoms with van der Waals surface area (Å²) in [5.74, 6) is 0. The van der Waals surface area contributed by atoms with Crippen molar-refractivity contribution in [1.29, 1.82) is 0 Å². The molecule has 0 saturated carbocycles. The molecule has 1 aliphatic rings. The minimum atomic E-state index is -3.04. The van der Waals surface area contributed by atoms with Gasteiger partial charge in [-0.3, -0.25) is 0 Å². The first-order valence-electron chi connectivity index (χ1n) is 5.48. The van der Waals surface area contributed by atoms with Gasteiger partial charge in [0.25, 0.3) is 0 Å². The summed E-state index contributed by atoms with van der Waals surface area (Å²) in [6, 6.07) is 4.38. The number of allylic oxidation sites excluding steroid dienone is 4. The van der Waals surface area contributed by atoms with E-state index in [4.69, 9.17) is 0 Å². The Morgan fingerprint density at radius 1 is 1.19 bits per heavy atom. The summed E-state index contributed by atoms with van der Waals surface area (Å²) in [6.07, 6.45) is 11.3. The number of hydrogen-bond acceptors (Lipinski definition) is 0. The van der Waals surface area contributed by atoms with Gasteiger partial charge in [-0.05, 0) is 0 Å². The van der Waals surface area contributed by atoms with Gasteiger partial charge in [-0.25, -0.2) is 0 Å². The van der Waals surface area contributed by atoms with Gasteiger partial charge in [-0.2, -0.15) is 0 Å². The molecule has 92 valence electrons. The van der Waals surface area contributed by atoms with E-state index in [1.165, 1.54) is 17.1 Å². The van der Waals surface area contributed by atoms with Crippen LogP contribution < -0.4 is 4.29 Å². The van der Waals surface area contributed by atoms with E-state index in [9.17, 15) is 0 Å². The Hall–Kier alpha value is -0.617. The molecule has 2 heteroatoms. The zero-order chi connectivity index (χ0) is 11.9. The molecule has 1 N–H and O–H groups in total. The van der Waals surface area contributed by atoms with E-state index in [1.807, 2.05) is 0 Å². The fourth-order valence-electron chi connectivity index (χ4n) is 2.15. The van der Waals surface area contributed by atoms with E-state index < -0.39 is 12.4 Å². The summed E-state index contributed by atoms with van der Waals surface area (Å²) < 4.78 is 3.11. The van der Waals surface area contributed by atoms with Crippen molar-refractivity contribution >= 4 is 4.29 Å². The maximum absolute atomic E-state index is 3.47. The Labute approximate surface area is 97.3 Å². The standard InChI is InChI=1S/C6H7.C4H4N.4CH3.Ru/c1-2-4-6-5-3-1;1-2-4-5-3-1;;;;;/h1-3H,4,6H2;1-3,5H;4*1H3;. The second kappa shape index (κ2) is 2.98. The normalized spacial score (nSPS) is 21.1. The SMILES string of the molecule is [CH3][Ru]([CH3])([CH3])([CH3])([C]1=CC=CCC1)[c]1ccc[nH]1. The number of H-pyrrole nitrogens is 1. The van der Waals surface area contributed by atoms with E-state index >= 15 is 0 Å². The first-order valence-corrected chi connectivity index (χ1v) is 14.2. The number of rotatable bonds is 2. The average Bonchev–Trinajstić information content (AvgIpc) is 2.72. The number of aromatic amines is 1. The molecule has 2 rings (SSSR count). The van der Waals surface area contributed by atoms with Gasteiger partial charge < -0.3 is 0 Å². The molecule has 0 spiro atoms. The monoisotopic (exact) mass is 307 g/mol. The van der Waals surface area contributed by atoms with E-state index in [2.05, 4.69) is 63.6 Å². The van der Waals surface area contributed by atoms with Crippen LogP contribution in [-0.2, 0) is 12.4 Å². The van der Waals surface area contributed by atoms with Crippen molar-refractivity contribution in [2.45, 2.75) is 34.9 Å². The van der Waals surface area contributed by atoms with Crippen LogP contribution in [0.1, 0.15) is 12.8 Å². The molecule has 1 aromatic rings. The van der Waals surface area contributed by atoms with Crippen molar-refractivity contribution in [3.63, 3.8) is 0 Å². The second-order valence-electron chi connectivity index (χ2n) is 6.19. The third-order valence-electron chi connectivity index (χ3n) is 3.38. The molecule has 0 aliphatic heterocycles. The Balaban J connectivity index is 2.64. The summed E-state index contributed by atoms with van der Waals surface area (Å²) in [4.78, 5) is 3.47. The summed E-state index contributed by atoms with van der Waals surface area (Å²) in [5.41, 5.74) is 10.00. The number of nitrogens with one attached hydrogen (secondary N) is 1. The maximum atomic E-state index is 3.47. The molecular formula is C14H23NRu. The zero-order valence-electron chi connectivity index (χ0n) is 10.7. The molecule has 0 bridgehead atoms. The zero-order valence-corrected chi connectivity index (χ0v) is 12.5. The van der Waals surface area contributed by atoms with Crippen molar-refractivity contribution in [3.05, 3.63) is 40.7 Å². The molecule has 1 heterocycles. The van der Waals surface area contributed by atoms with Crippen molar-refractivity contribution in [2.75, 3.05) is 0 Å². The average molecular weight is 306 g/mol. The molecule has 1 aromatic heterocycles. The molecule has 0 amide bonds. The summed E-state index contributed by atoms with van der Waals surface area (Å²) in [6.45, 7) is 0. The molecule has 0 atom stereocenters. The Bertz CT molecular complexity index is 453.